The molecule has 0 bridgehead atoms. The minimum Gasteiger partial charge on any atom is -0.443 e. The predicted molar refractivity (Wildman–Crippen MR) is 136 cm³/mol. The average Bonchev–Trinajstić information content (AvgIpc) is 2.76. The molecule has 7 heteroatoms. The Morgan fingerprint density at radius 2 is 1.44 bits per heavy atom. The second-order valence-corrected chi connectivity index (χ2v) is 15.2. The molecule has 1 aliphatic rings. The number of carbonyl (C=O) groups is 2. The van der Waals surface area contributed by atoms with Crippen molar-refractivity contribution in [1.29, 1.82) is 0 Å². The van der Waals surface area contributed by atoms with Gasteiger partial charge in [0.1, 0.15) is 11.7 Å². The number of ether oxygens (including phenoxy) is 1. The summed E-state index contributed by atoms with van der Waals surface area (Å²) in [6, 6.07) is 19.9. The van der Waals surface area contributed by atoms with Gasteiger partial charge in [0.2, 0.25) is 0 Å². The SMILES string of the molecule is CC(C)(C)OC(=O)N1C(=O)[C@@H](O)CC[C@@H]1CO[Si](c1ccccc1)(c1ccccc1)C(C)(C)C. The highest BCUT2D eigenvalue weighted by Crippen LogP contribution is 2.37. The van der Waals surface area contributed by atoms with Crippen LogP contribution < -0.4 is 10.4 Å². The Morgan fingerprint density at radius 3 is 1.88 bits per heavy atom. The first-order chi connectivity index (χ1) is 15.9. The Labute approximate surface area is 204 Å². The number of aliphatic hydroxyl groups is 1. The Hall–Kier alpha value is -2.48. The van der Waals surface area contributed by atoms with Crippen LogP contribution in [0.2, 0.25) is 5.04 Å². The molecular weight excluding hydrogens is 446 g/mol. The number of hydrogen-bond acceptors (Lipinski definition) is 5. The van der Waals surface area contributed by atoms with Crippen LogP contribution in [-0.2, 0) is 14.0 Å². The molecule has 3 rings (SSSR count). The highest BCUT2D eigenvalue weighted by molar-refractivity contribution is 6.99. The van der Waals surface area contributed by atoms with Crippen molar-refractivity contribution in [2.45, 2.75) is 77.2 Å². The molecule has 2 amide bonds. The van der Waals surface area contributed by atoms with Crippen LogP contribution in [0.15, 0.2) is 60.7 Å². The smallest absolute Gasteiger partial charge is 0.417 e. The highest BCUT2D eigenvalue weighted by Gasteiger charge is 2.51. The van der Waals surface area contributed by atoms with Crippen molar-refractivity contribution in [3.8, 4) is 0 Å². The maximum absolute atomic E-state index is 13.0. The zero-order valence-electron chi connectivity index (χ0n) is 21.1. The molecule has 1 heterocycles. The molecule has 2 aromatic carbocycles. The molecular formula is C27H37NO5Si. The lowest BCUT2D eigenvalue weighted by molar-refractivity contribution is -0.146. The zero-order chi connectivity index (χ0) is 25.1. The van der Waals surface area contributed by atoms with Crippen molar-refractivity contribution in [3.05, 3.63) is 60.7 Å². The Morgan fingerprint density at radius 1 is 0.941 bits per heavy atom. The molecule has 2 aromatic rings. The summed E-state index contributed by atoms with van der Waals surface area (Å²) in [4.78, 5) is 26.9. The van der Waals surface area contributed by atoms with Gasteiger partial charge in [-0.3, -0.25) is 4.79 Å². The number of hydrogen-bond donors (Lipinski definition) is 1. The van der Waals surface area contributed by atoms with Crippen LogP contribution in [0, 0.1) is 0 Å². The van der Waals surface area contributed by atoms with E-state index in [1.807, 2.05) is 36.4 Å². The van der Waals surface area contributed by atoms with Crippen LogP contribution in [-0.4, -0.2) is 54.7 Å². The summed E-state index contributed by atoms with van der Waals surface area (Å²) in [6.45, 7) is 12.0. The maximum Gasteiger partial charge on any atom is 0.417 e. The van der Waals surface area contributed by atoms with Gasteiger partial charge in [-0.15, -0.1) is 0 Å². The number of likely N-dealkylation sites (tertiary alicyclic amines) is 1. The normalized spacial score (nSPS) is 19.7. The second kappa shape index (κ2) is 10.0. The van der Waals surface area contributed by atoms with E-state index in [0.717, 1.165) is 15.3 Å². The number of imide groups is 1. The lowest BCUT2D eigenvalue weighted by Gasteiger charge is -2.45. The fraction of sp³-hybridized carbons (Fsp3) is 0.481. The van der Waals surface area contributed by atoms with Crippen molar-refractivity contribution in [1.82, 2.24) is 4.90 Å². The number of nitrogens with zero attached hydrogens (tertiary/aromatic N) is 1. The number of piperidine rings is 1. The van der Waals surface area contributed by atoms with E-state index in [0.29, 0.717) is 6.42 Å². The van der Waals surface area contributed by atoms with E-state index in [1.165, 1.54) is 0 Å². The highest BCUT2D eigenvalue weighted by atomic mass is 28.4. The molecule has 184 valence electrons. The van der Waals surface area contributed by atoms with E-state index in [4.69, 9.17) is 9.16 Å². The molecule has 1 saturated heterocycles. The quantitative estimate of drug-likeness (QED) is 0.654. The van der Waals surface area contributed by atoms with Gasteiger partial charge >= 0.3 is 6.09 Å². The Balaban J connectivity index is 2.01. The molecule has 0 saturated carbocycles. The molecule has 1 N–H and O–H groups in total. The fourth-order valence-corrected chi connectivity index (χ4v) is 9.23. The molecule has 0 radical (unpaired) electrons. The van der Waals surface area contributed by atoms with E-state index in [2.05, 4.69) is 45.0 Å². The first kappa shape index (κ1) is 26.1. The third-order valence-corrected chi connectivity index (χ3v) is 11.2. The van der Waals surface area contributed by atoms with Crippen LogP contribution in [0.1, 0.15) is 54.4 Å². The summed E-state index contributed by atoms with van der Waals surface area (Å²) in [6.07, 6.45) is -1.22. The minimum atomic E-state index is -2.84. The molecule has 1 fully saturated rings. The molecule has 0 spiro atoms. The summed E-state index contributed by atoms with van der Waals surface area (Å²) >= 11 is 0. The number of carbonyl (C=O) groups excluding carboxylic acids is 2. The molecule has 34 heavy (non-hydrogen) atoms. The Kier molecular flexibility index (Phi) is 7.70. The molecule has 1 aliphatic heterocycles. The molecule has 0 unspecified atom stereocenters. The van der Waals surface area contributed by atoms with Gasteiger partial charge in [-0.05, 0) is 49.0 Å². The van der Waals surface area contributed by atoms with Crippen molar-refractivity contribution in [2.75, 3.05) is 6.61 Å². The standard InChI is InChI=1S/C27H37NO5Si/c1-26(2,3)33-25(31)28-20(17-18-23(29)24(28)30)19-32-34(27(4,5)6,21-13-9-7-10-14-21)22-15-11-8-12-16-22/h7-16,20,23,29H,17-19H2,1-6H3/t20-,23+/m1/s1. The fourth-order valence-electron chi connectivity index (χ4n) is 4.63. The van der Waals surface area contributed by atoms with Gasteiger partial charge in [-0.1, -0.05) is 81.4 Å². The third kappa shape index (κ3) is 5.43. The summed E-state index contributed by atoms with van der Waals surface area (Å²) in [5.74, 6) is -0.628. The van der Waals surface area contributed by atoms with Crippen molar-refractivity contribution < 1.29 is 23.9 Å². The van der Waals surface area contributed by atoms with Crippen LogP contribution in [0.4, 0.5) is 4.79 Å². The van der Waals surface area contributed by atoms with E-state index in [-0.39, 0.29) is 18.1 Å². The lowest BCUT2D eigenvalue weighted by Crippen LogP contribution is -2.68. The van der Waals surface area contributed by atoms with Crippen LogP contribution in [0.25, 0.3) is 0 Å². The van der Waals surface area contributed by atoms with Crippen molar-refractivity contribution in [3.63, 3.8) is 0 Å². The van der Waals surface area contributed by atoms with Crippen LogP contribution >= 0.6 is 0 Å². The van der Waals surface area contributed by atoms with E-state index < -0.39 is 38.1 Å². The average molecular weight is 484 g/mol. The van der Waals surface area contributed by atoms with E-state index >= 15 is 0 Å². The third-order valence-electron chi connectivity index (χ3n) is 6.16. The van der Waals surface area contributed by atoms with Crippen molar-refractivity contribution in [2.24, 2.45) is 0 Å². The van der Waals surface area contributed by atoms with E-state index in [9.17, 15) is 14.7 Å². The van der Waals surface area contributed by atoms with Gasteiger partial charge in [0.15, 0.2) is 0 Å². The summed E-state index contributed by atoms with van der Waals surface area (Å²) in [7, 11) is -2.84. The zero-order valence-corrected chi connectivity index (χ0v) is 22.1. The van der Waals surface area contributed by atoms with Gasteiger partial charge in [0, 0.05) is 0 Å². The topological polar surface area (TPSA) is 76.1 Å². The largest absolute Gasteiger partial charge is 0.443 e. The van der Waals surface area contributed by atoms with Crippen LogP contribution in [0.3, 0.4) is 0 Å². The number of rotatable bonds is 5. The van der Waals surface area contributed by atoms with Gasteiger partial charge in [-0.25, -0.2) is 9.69 Å². The molecule has 0 aromatic heterocycles. The second-order valence-electron chi connectivity index (χ2n) is 10.9. The summed E-state index contributed by atoms with van der Waals surface area (Å²) in [5, 5.41) is 12.2. The first-order valence-corrected chi connectivity index (χ1v) is 13.8. The summed E-state index contributed by atoms with van der Waals surface area (Å²) < 4.78 is 12.5. The minimum absolute atomic E-state index is 0.172. The number of amides is 2. The van der Waals surface area contributed by atoms with Gasteiger partial charge in [0.25, 0.3) is 14.2 Å². The Bertz CT molecular complexity index is 942. The van der Waals surface area contributed by atoms with E-state index in [1.54, 1.807) is 20.8 Å². The molecule has 6 nitrogen and oxygen atoms in total. The van der Waals surface area contributed by atoms with Gasteiger partial charge in [-0.2, -0.15) is 0 Å². The number of benzene rings is 2. The number of aliphatic hydroxyl groups excluding tert-OH is 1. The van der Waals surface area contributed by atoms with Crippen molar-refractivity contribution >= 4 is 30.7 Å². The molecule has 2 atom stereocenters. The predicted octanol–water partition coefficient (Wildman–Crippen LogP) is 3.85. The van der Waals surface area contributed by atoms with Crippen LogP contribution in [0.5, 0.6) is 0 Å². The first-order valence-electron chi connectivity index (χ1n) is 11.9. The van der Waals surface area contributed by atoms with Gasteiger partial charge in [0.05, 0.1) is 12.6 Å². The maximum atomic E-state index is 13.0. The van der Waals surface area contributed by atoms with Gasteiger partial charge < -0.3 is 14.3 Å². The molecule has 0 aliphatic carbocycles. The summed E-state index contributed by atoms with van der Waals surface area (Å²) in [5.41, 5.74) is -0.761. The monoisotopic (exact) mass is 483 g/mol. The lowest BCUT2D eigenvalue weighted by atomic mass is 10.0.